The zero-order valence-corrected chi connectivity index (χ0v) is 16.5. The fraction of sp³-hybridized carbons (Fsp3) is 0.435. The van der Waals surface area contributed by atoms with Crippen molar-refractivity contribution in [3.8, 4) is 17.2 Å². The zero-order chi connectivity index (χ0) is 19.5. The Bertz CT molecular complexity index is 844. The Balaban J connectivity index is 1.56. The highest BCUT2D eigenvalue weighted by Gasteiger charge is 2.33. The van der Waals surface area contributed by atoms with Crippen molar-refractivity contribution < 1.29 is 19.0 Å². The van der Waals surface area contributed by atoms with Gasteiger partial charge in [-0.05, 0) is 55.5 Å². The van der Waals surface area contributed by atoms with Gasteiger partial charge in [-0.1, -0.05) is 18.2 Å². The van der Waals surface area contributed by atoms with E-state index in [0.29, 0.717) is 13.0 Å². The third kappa shape index (κ3) is 3.66. The van der Waals surface area contributed by atoms with Crippen LogP contribution in [-0.2, 0) is 4.79 Å². The maximum Gasteiger partial charge on any atom is 0.227 e. The predicted molar refractivity (Wildman–Crippen MR) is 109 cm³/mol. The van der Waals surface area contributed by atoms with Crippen LogP contribution in [0.15, 0.2) is 42.5 Å². The van der Waals surface area contributed by atoms with Crippen LogP contribution in [0.5, 0.6) is 17.2 Å². The number of hydrogen-bond acceptors (Lipinski definition) is 4. The Morgan fingerprint density at radius 2 is 1.68 bits per heavy atom. The fourth-order valence-electron chi connectivity index (χ4n) is 4.24. The van der Waals surface area contributed by atoms with Crippen molar-refractivity contribution in [3.63, 3.8) is 0 Å². The highest BCUT2D eigenvalue weighted by molar-refractivity contribution is 5.97. The average Bonchev–Trinajstić information content (AvgIpc) is 3.37. The Morgan fingerprint density at radius 3 is 2.43 bits per heavy atom. The van der Waals surface area contributed by atoms with Crippen molar-refractivity contribution in [1.29, 1.82) is 0 Å². The van der Waals surface area contributed by atoms with Gasteiger partial charge in [-0.3, -0.25) is 4.79 Å². The van der Waals surface area contributed by atoms with E-state index in [1.807, 2.05) is 41.3 Å². The molecule has 0 N–H and O–H groups in total. The van der Waals surface area contributed by atoms with E-state index in [2.05, 4.69) is 6.07 Å². The summed E-state index contributed by atoms with van der Waals surface area (Å²) in [5, 5.41) is 0. The number of ether oxygens (including phenoxy) is 3. The highest BCUT2D eigenvalue weighted by atomic mass is 16.5. The standard InChI is InChI=1S/C23H27NO4/c1-26-20-10-6-5-9-19(20)24-15-17(14-23(24)25)16-11-12-21(27-2)22(13-16)28-18-7-3-4-8-18/h5-6,9-13,17-18H,3-4,7-8,14-15H2,1-2H3/t17-/m0/s1. The molecule has 1 saturated carbocycles. The minimum Gasteiger partial charge on any atom is -0.495 e. The van der Waals surface area contributed by atoms with Gasteiger partial charge in [-0.2, -0.15) is 0 Å². The summed E-state index contributed by atoms with van der Waals surface area (Å²) in [6, 6.07) is 13.7. The molecule has 1 heterocycles. The van der Waals surface area contributed by atoms with Crippen molar-refractivity contribution in [2.45, 2.75) is 44.1 Å². The molecule has 1 aliphatic carbocycles. The SMILES string of the molecule is COc1ccc([C@H]2CC(=O)N(c3ccccc3OC)C2)cc1OC1CCCC1. The summed E-state index contributed by atoms with van der Waals surface area (Å²) in [4.78, 5) is 14.6. The third-order valence-corrected chi connectivity index (χ3v) is 5.76. The van der Waals surface area contributed by atoms with E-state index in [1.54, 1.807) is 14.2 Å². The maximum atomic E-state index is 12.7. The normalized spacial score (nSPS) is 19.9. The molecule has 148 valence electrons. The van der Waals surface area contributed by atoms with Gasteiger partial charge in [0.1, 0.15) is 5.75 Å². The Labute approximate surface area is 166 Å². The lowest BCUT2D eigenvalue weighted by atomic mass is 9.98. The Kier molecular flexibility index (Phi) is 5.42. The largest absolute Gasteiger partial charge is 0.495 e. The summed E-state index contributed by atoms with van der Waals surface area (Å²) in [5.41, 5.74) is 1.94. The van der Waals surface area contributed by atoms with Crippen LogP contribution in [0.4, 0.5) is 5.69 Å². The second kappa shape index (κ2) is 8.13. The summed E-state index contributed by atoms with van der Waals surface area (Å²) in [6.45, 7) is 0.633. The van der Waals surface area contributed by atoms with E-state index in [1.165, 1.54) is 12.8 Å². The molecule has 5 heteroatoms. The van der Waals surface area contributed by atoms with Crippen LogP contribution >= 0.6 is 0 Å². The molecule has 0 unspecified atom stereocenters. The van der Waals surface area contributed by atoms with Crippen molar-refractivity contribution in [1.82, 2.24) is 0 Å². The van der Waals surface area contributed by atoms with Crippen LogP contribution in [0.3, 0.4) is 0 Å². The third-order valence-electron chi connectivity index (χ3n) is 5.76. The van der Waals surface area contributed by atoms with Crippen molar-refractivity contribution in [2.24, 2.45) is 0 Å². The number of para-hydroxylation sites is 2. The van der Waals surface area contributed by atoms with E-state index in [4.69, 9.17) is 14.2 Å². The minimum atomic E-state index is 0.114. The number of rotatable bonds is 6. The highest BCUT2D eigenvalue weighted by Crippen LogP contribution is 2.39. The lowest BCUT2D eigenvalue weighted by Gasteiger charge is -2.20. The van der Waals surface area contributed by atoms with Crippen LogP contribution in [-0.4, -0.2) is 32.8 Å². The van der Waals surface area contributed by atoms with Crippen LogP contribution < -0.4 is 19.1 Å². The molecule has 0 aromatic heterocycles. The molecule has 5 nitrogen and oxygen atoms in total. The summed E-state index contributed by atoms with van der Waals surface area (Å²) < 4.78 is 17.2. The van der Waals surface area contributed by atoms with Gasteiger partial charge in [0, 0.05) is 18.9 Å². The van der Waals surface area contributed by atoms with E-state index in [-0.39, 0.29) is 17.9 Å². The first-order valence-corrected chi connectivity index (χ1v) is 9.97. The minimum absolute atomic E-state index is 0.114. The maximum absolute atomic E-state index is 12.7. The summed E-state index contributed by atoms with van der Waals surface area (Å²) in [7, 11) is 3.30. The predicted octanol–water partition coefficient (Wildman–Crippen LogP) is 4.55. The molecule has 2 aromatic rings. The number of anilines is 1. The van der Waals surface area contributed by atoms with Crippen LogP contribution in [0.2, 0.25) is 0 Å². The van der Waals surface area contributed by atoms with Crippen molar-refractivity contribution >= 4 is 11.6 Å². The lowest BCUT2D eigenvalue weighted by molar-refractivity contribution is -0.117. The van der Waals surface area contributed by atoms with Crippen LogP contribution in [0.25, 0.3) is 0 Å². The molecule has 2 aliphatic rings. The number of carbonyl (C=O) groups is 1. The van der Waals surface area contributed by atoms with E-state index in [0.717, 1.165) is 41.3 Å². The van der Waals surface area contributed by atoms with Crippen molar-refractivity contribution in [3.05, 3.63) is 48.0 Å². The van der Waals surface area contributed by atoms with Gasteiger partial charge in [0.15, 0.2) is 11.5 Å². The van der Waals surface area contributed by atoms with Crippen molar-refractivity contribution in [2.75, 3.05) is 25.7 Å². The molecule has 2 fully saturated rings. The number of amides is 1. The topological polar surface area (TPSA) is 48.0 Å². The summed E-state index contributed by atoms with van der Waals surface area (Å²) in [5.74, 6) is 2.49. The fourth-order valence-corrected chi connectivity index (χ4v) is 4.24. The molecular weight excluding hydrogens is 354 g/mol. The van der Waals surface area contributed by atoms with E-state index >= 15 is 0 Å². The van der Waals surface area contributed by atoms with Crippen LogP contribution in [0.1, 0.15) is 43.6 Å². The molecule has 28 heavy (non-hydrogen) atoms. The second-order valence-electron chi connectivity index (χ2n) is 7.51. The first-order valence-electron chi connectivity index (χ1n) is 9.97. The smallest absolute Gasteiger partial charge is 0.227 e. The lowest BCUT2D eigenvalue weighted by Crippen LogP contribution is -2.24. The summed E-state index contributed by atoms with van der Waals surface area (Å²) in [6.07, 6.45) is 5.37. The first-order chi connectivity index (χ1) is 13.7. The van der Waals surface area contributed by atoms with Gasteiger partial charge in [0.25, 0.3) is 0 Å². The monoisotopic (exact) mass is 381 g/mol. The van der Waals surface area contributed by atoms with Gasteiger partial charge in [0.05, 0.1) is 26.0 Å². The number of methoxy groups -OCH3 is 2. The van der Waals surface area contributed by atoms with Gasteiger partial charge in [0.2, 0.25) is 5.91 Å². The summed E-state index contributed by atoms with van der Waals surface area (Å²) >= 11 is 0. The van der Waals surface area contributed by atoms with Crippen LogP contribution in [0, 0.1) is 0 Å². The van der Waals surface area contributed by atoms with E-state index < -0.39 is 0 Å². The van der Waals surface area contributed by atoms with Gasteiger partial charge in [-0.15, -0.1) is 0 Å². The Hall–Kier alpha value is -2.69. The van der Waals surface area contributed by atoms with Gasteiger partial charge in [-0.25, -0.2) is 0 Å². The van der Waals surface area contributed by atoms with Gasteiger partial charge < -0.3 is 19.1 Å². The molecule has 1 amide bonds. The second-order valence-corrected chi connectivity index (χ2v) is 7.51. The zero-order valence-electron chi connectivity index (χ0n) is 16.5. The van der Waals surface area contributed by atoms with E-state index in [9.17, 15) is 4.79 Å². The molecule has 1 atom stereocenters. The molecule has 4 rings (SSSR count). The number of benzene rings is 2. The molecule has 1 saturated heterocycles. The number of carbonyl (C=O) groups excluding carboxylic acids is 1. The van der Waals surface area contributed by atoms with Gasteiger partial charge >= 0.3 is 0 Å². The number of nitrogens with zero attached hydrogens (tertiary/aromatic N) is 1. The molecule has 0 spiro atoms. The quantitative estimate of drug-likeness (QED) is 0.737. The number of hydrogen-bond donors (Lipinski definition) is 0. The molecule has 0 bridgehead atoms. The first kappa shape index (κ1) is 18.7. The molecule has 2 aromatic carbocycles. The Morgan fingerprint density at radius 1 is 0.929 bits per heavy atom. The molecular formula is C23H27NO4. The average molecular weight is 381 g/mol. The molecule has 1 aliphatic heterocycles. The molecule has 0 radical (unpaired) electrons.